The van der Waals surface area contributed by atoms with Crippen LogP contribution >= 0.6 is 0 Å². The number of benzene rings is 2. The number of ether oxygens (including phenoxy) is 1. The highest BCUT2D eigenvalue weighted by molar-refractivity contribution is 5.30. The third-order valence-electron chi connectivity index (χ3n) is 8.85. The highest BCUT2D eigenvalue weighted by Gasteiger charge is 2.49. The van der Waals surface area contributed by atoms with Crippen molar-refractivity contribution in [3.8, 4) is 5.75 Å². The quantitative estimate of drug-likeness (QED) is 0.449. The van der Waals surface area contributed by atoms with Gasteiger partial charge in [-0.25, -0.2) is 4.98 Å². The molecular weight excluding hydrogens is 436 g/mol. The van der Waals surface area contributed by atoms with Gasteiger partial charge in [0.15, 0.2) is 17.5 Å². The predicted molar refractivity (Wildman–Crippen MR) is 135 cm³/mol. The molecule has 3 aliphatic heterocycles. The summed E-state index contributed by atoms with van der Waals surface area (Å²) in [5.41, 5.74) is -0.282. The van der Waals surface area contributed by atoms with Crippen LogP contribution in [0.15, 0.2) is 71.3 Å². The van der Waals surface area contributed by atoms with E-state index in [1.807, 2.05) is 54.7 Å². The molecule has 7 rings (SSSR count). The Morgan fingerprint density at radius 3 is 2.31 bits per heavy atom. The zero-order valence-corrected chi connectivity index (χ0v) is 20.5. The summed E-state index contributed by atoms with van der Waals surface area (Å²) in [6, 6.07) is 20.2. The molecule has 4 heterocycles. The van der Waals surface area contributed by atoms with Gasteiger partial charge in [-0.1, -0.05) is 67.8 Å². The van der Waals surface area contributed by atoms with E-state index in [1.165, 1.54) is 19.3 Å². The van der Waals surface area contributed by atoms with Crippen LogP contribution in [0, 0.1) is 11.8 Å². The topological polar surface area (TPSA) is 55.5 Å². The summed E-state index contributed by atoms with van der Waals surface area (Å²) in [4.78, 5) is 4.71. The van der Waals surface area contributed by atoms with Crippen LogP contribution in [0.5, 0.6) is 5.75 Å². The van der Waals surface area contributed by atoms with E-state index in [9.17, 15) is 5.11 Å². The summed E-state index contributed by atoms with van der Waals surface area (Å²) in [5, 5.41) is 12.2. The average molecular weight is 474 g/mol. The van der Waals surface area contributed by atoms with Crippen LogP contribution in [0.4, 0.5) is 0 Å². The molecule has 0 spiro atoms. The first-order chi connectivity index (χ1) is 17.1. The SMILES string of the molecule is O[C@@](c1ccccc1)(c1ncc(C[N+]23CCC(CC2)[C@@H](Oc2ccccc2)C3)o1)C1CCCCC1. The molecule has 35 heavy (non-hydrogen) atoms. The Balaban J connectivity index is 1.24. The van der Waals surface area contributed by atoms with Gasteiger partial charge in [-0.3, -0.25) is 0 Å². The van der Waals surface area contributed by atoms with E-state index in [0.29, 0.717) is 11.8 Å². The minimum atomic E-state index is -1.17. The van der Waals surface area contributed by atoms with Crippen molar-refractivity contribution < 1.29 is 18.7 Å². The number of nitrogens with zero attached hydrogens (tertiary/aromatic N) is 2. The molecule has 1 N–H and O–H groups in total. The van der Waals surface area contributed by atoms with Crippen LogP contribution < -0.4 is 4.74 Å². The Kier molecular flexibility index (Phi) is 6.15. The van der Waals surface area contributed by atoms with Crippen LogP contribution in [0.25, 0.3) is 0 Å². The Bertz CT molecular complexity index is 1100. The van der Waals surface area contributed by atoms with E-state index in [1.54, 1.807) is 0 Å². The lowest BCUT2D eigenvalue weighted by molar-refractivity contribution is -0.958. The molecule has 1 aliphatic carbocycles. The summed E-state index contributed by atoms with van der Waals surface area (Å²) in [5.74, 6) is 3.07. The minimum absolute atomic E-state index is 0.131. The third kappa shape index (κ3) is 4.41. The van der Waals surface area contributed by atoms with Crippen LogP contribution in [-0.4, -0.2) is 40.3 Å². The zero-order chi connectivity index (χ0) is 23.7. The van der Waals surface area contributed by atoms with Crippen LogP contribution in [-0.2, 0) is 12.1 Å². The number of hydrogen-bond donors (Lipinski definition) is 1. The maximum atomic E-state index is 12.2. The number of fused-ring (bicyclic) bond motifs is 3. The van der Waals surface area contributed by atoms with Crippen LogP contribution in [0.1, 0.15) is 62.2 Å². The van der Waals surface area contributed by atoms with Crippen LogP contribution in [0.2, 0.25) is 0 Å². The largest absolute Gasteiger partial charge is 0.484 e. The van der Waals surface area contributed by atoms with E-state index < -0.39 is 5.60 Å². The molecular formula is C30H37N2O3+. The molecule has 5 nitrogen and oxygen atoms in total. The summed E-state index contributed by atoms with van der Waals surface area (Å²) >= 11 is 0. The molecule has 1 saturated carbocycles. The molecule has 2 aromatic carbocycles. The average Bonchev–Trinajstić information content (AvgIpc) is 3.39. The van der Waals surface area contributed by atoms with Crippen molar-refractivity contribution in [1.29, 1.82) is 0 Å². The Hall–Kier alpha value is -2.63. The Morgan fingerprint density at radius 1 is 0.914 bits per heavy atom. The minimum Gasteiger partial charge on any atom is -0.484 e. The second-order valence-corrected chi connectivity index (χ2v) is 11.0. The maximum absolute atomic E-state index is 12.2. The highest BCUT2D eigenvalue weighted by Crippen LogP contribution is 2.44. The second-order valence-electron chi connectivity index (χ2n) is 11.0. The van der Waals surface area contributed by atoms with E-state index in [4.69, 9.17) is 14.1 Å². The van der Waals surface area contributed by atoms with Gasteiger partial charge in [0, 0.05) is 24.7 Å². The van der Waals surface area contributed by atoms with Crippen molar-refractivity contribution in [2.24, 2.45) is 11.8 Å². The molecule has 3 saturated heterocycles. The number of rotatable bonds is 7. The highest BCUT2D eigenvalue weighted by atomic mass is 16.5. The predicted octanol–water partition coefficient (Wildman–Crippen LogP) is 5.68. The summed E-state index contributed by atoms with van der Waals surface area (Å²) in [7, 11) is 0. The number of oxazole rings is 1. The van der Waals surface area contributed by atoms with Crippen molar-refractivity contribution in [3.63, 3.8) is 0 Å². The van der Waals surface area contributed by atoms with E-state index in [0.717, 1.165) is 73.4 Å². The third-order valence-corrected chi connectivity index (χ3v) is 8.85. The lowest BCUT2D eigenvalue weighted by Gasteiger charge is -2.51. The summed E-state index contributed by atoms with van der Waals surface area (Å²) in [6.45, 7) is 4.12. The summed E-state index contributed by atoms with van der Waals surface area (Å²) < 4.78 is 13.9. The maximum Gasteiger partial charge on any atom is 0.231 e. The zero-order valence-electron chi connectivity index (χ0n) is 20.5. The van der Waals surface area contributed by atoms with Crippen molar-refractivity contribution >= 4 is 0 Å². The van der Waals surface area contributed by atoms with E-state index >= 15 is 0 Å². The number of quaternary nitrogens is 1. The van der Waals surface area contributed by atoms with Gasteiger partial charge < -0.3 is 18.7 Å². The molecule has 5 heteroatoms. The molecule has 3 aromatic rings. The number of para-hydroxylation sites is 1. The van der Waals surface area contributed by atoms with Crippen molar-refractivity contribution in [1.82, 2.24) is 4.98 Å². The van der Waals surface area contributed by atoms with Gasteiger partial charge in [0.1, 0.15) is 18.8 Å². The van der Waals surface area contributed by atoms with Gasteiger partial charge in [0.2, 0.25) is 5.89 Å². The van der Waals surface area contributed by atoms with Crippen LogP contribution in [0.3, 0.4) is 0 Å². The monoisotopic (exact) mass is 473 g/mol. The molecule has 0 amide bonds. The molecule has 184 valence electrons. The molecule has 1 aromatic heterocycles. The first-order valence-electron chi connectivity index (χ1n) is 13.4. The number of hydrogen-bond acceptors (Lipinski definition) is 4. The van der Waals surface area contributed by atoms with Crippen molar-refractivity contribution in [2.75, 3.05) is 19.6 Å². The van der Waals surface area contributed by atoms with Gasteiger partial charge in [-0.2, -0.15) is 0 Å². The fourth-order valence-electron chi connectivity index (χ4n) is 6.88. The number of aliphatic hydroxyl groups is 1. The molecule has 4 fully saturated rings. The normalized spacial score (nSPS) is 28.5. The number of piperidine rings is 3. The standard InChI is InChI=1S/C30H37N2O3/c33-30(24-10-4-1-5-11-24,25-12-6-2-7-13-25)29-31-20-27(35-29)21-32-18-16-23(17-19-32)28(22-32)34-26-14-8-3-9-15-26/h1,3-5,8-11,14-15,20,23,25,28,33H,2,6-7,12-13,16-19,21-22H2/q+1/t23?,28-,30+,32?/m0/s1. The molecule has 2 atom stereocenters. The smallest absolute Gasteiger partial charge is 0.231 e. The molecule has 0 unspecified atom stereocenters. The first kappa shape index (κ1) is 22.8. The van der Waals surface area contributed by atoms with Gasteiger partial charge in [-0.05, 0) is 30.5 Å². The van der Waals surface area contributed by atoms with E-state index in [-0.39, 0.29) is 12.0 Å². The molecule has 0 radical (unpaired) electrons. The van der Waals surface area contributed by atoms with E-state index in [2.05, 4.69) is 12.1 Å². The molecule has 4 aliphatic rings. The van der Waals surface area contributed by atoms with Crippen molar-refractivity contribution in [2.45, 2.75) is 63.2 Å². The van der Waals surface area contributed by atoms with Gasteiger partial charge >= 0.3 is 0 Å². The lowest BCUT2D eigenvalue weighted by Crippen LogP contribution is -2.64. The van der Waals surface area contributed by atoms with Gasteiger partial charge in [-0.15, -0.1) is 0 Å². The fraction of sp³-hybridized carbons (Fsp3) is 0.500. The van der Waals surface area contributed by atoms with Gasteiger partial charge in [0.25, 0.3) is 0 Å². The molecule has 2 bridgehead atoms. The lowest BCUT2D eigenvalue weighted by atomic mass is 9.73. The first-order valence-corrected chi connectivity index (χ1v) is 13.4. The number of aromatic nitrogens is 1. The Labute approximate surface area is 208 Å². The van der Waals surface area contributed by atoms with Crippen molar-refractivity contribution in [3.05, 3.63) is 84.1 Å². The fourth-order valence-corrected chi connectivity index (χ4v) is 6.88. The Morgan fingerprint density at radius 2 is 1.60 bits per heavy atom. The second kappa shape index (κ2) is 9.44. The summed E-state index contributed by atoms with van der Waals surface area (Å²) in [6.07, 6.45) is 10.0. The van der Waals surface area contributed by atoms with Gasteiger partial charge in [0.05, 0.1) is 19.3 Å².